The number of thiazole rings is 1. The maximum Gasteiger partial charge on any atom is 0.228 e. The van der Waals surface area contributed by atoms with Gasteiger partial charge in [-0.3, -0.25) is 0 Å². The number of nitriles is 1. The number of nitrogens with zero attached hydrogens (tertiary/aromatic N) is 6. The van der Waals surface area contributed by atoms with E-state index in [1.165, 1.54) is 11.3 Å². The zero-order valence-electron chi connectivity index (χ0n) is 14.3. The second-order valence-corrected chi connectivity index (χ2v) is 6.31. The maximum atomic E-state index is 9.59. The Morgan fingerprint density at radius 2 is 2.04 bits per heavy atom. The topological polar surface area (TPSA) is 138 Å². The van der Waals surface area contributed by atoms with Crippen LogP contribution in [0.25, 0.3) is 0 Å². The summed E-state index contributed by atoms with van der Waals surface area (Å²) >= 11 is 1.41. The molecule has 0 amide bonds. The molecule has 10 heteroatoms. The van der Waals surface area contributed by atoms with E-state index in [9.17, 15) is 5.26 Å². The summed E-state index contributed by atoms with van der Waals surface area (Å²) in [6.07, 6.45) is 1.68. The third-order valence-electron chi connectivity index (χ3n) is 3.45. The average Bonchev–Trinajstić information content (AvgIpc) is 3.07. The van der Waals surface area contributed by atoms with Gasteiger partial charge in [0.25, 0.3) is 0 Å². The Kier molecular flexibility index (Phi) is 5.19. The van der Waals surface area contributed by atoms with E-state index in [1.807, 2.05) is 18.4 Å². The lowest BCUT2D eigenvalue weighted by molar-refractivity contribution is 0.850. The van der Waals surface area contributed by atoms with E-state index in [2.05, 4.69) is 41.6 Å². The summed E-state index contributed by atoms with van der Waals surface area (Å²) in [6, 6.07) is 5.82. The van der Waals surface area contributed by atoms with E-state index in [4.69, 9.17) is 5.73 Å². The van der Waals surface area contributed by atoms with Crippen LogP contribution in [0, 0.1) is 18.3 Å². The van der Waals surface area contributed by atoms with Gasteiger partial charge in [-0.15, -0.1) is 11.3 Å². The molecular weight excluding hydrogens is 350 g/mol. The minimum absolute atomic E-state index is 0.346. The highest BCUT2D eigenvalue weighted by Gasteiger charge is 2.22. The smallest absolute Gasteiger partial charge is 0.228 e. The zero-order chi connectivity index (χ0) is 18.5. The lowest BCUT2D eigenvalue weighted by atomic mass is 10.1. The molecule has 0 aliphatic carbocycles. The standard InChI is InChI=1S/C16H17N9S/c1-9-8-26-14(22-9)11(5-17)13-23-15(19-2)25-16(24-13)21-7-10-3-4-12(18)20-6-10/h3-4,6,8,11H,7H2,1-2H3,(H2,18,20)(H2,19,21,23,24,25). The van der Waals surface area contributed by atoms with E-state index in [-0.39, 0.29) is 0 Å². The Hall–Kier alpha value is -3.32. The van der Waals surface area contributed by atoms with E-state index in [0.29, 0.717) is 35.1 Å². The van der Waals surface area contributed by atoms with Crippen LogP contribution in [0.15, 0.2) is 23.7 Å². The Bertz CT molecular complexity index is 930. The highest BCUT2D eigenvalue weighted by atomic mass is 32.1. The average molecular weight is 367 g/mol. The minimum Gasteiger partial charge on any atom is -0.384 e. The molecule has 0 aromatic carbocycles. The fourth-order valence-corrected chi connectivity index (χ4v) is 3.00. The molecule has 3 aromatic heterocycles. The number of aromatic nitrogens is 5. The molecule has 0 aliphatic heterocycles. The van der Waals surface area contributed by atoms with Gasteiger partial charge in [0.05, 0.1) is 6.07 Å². The number of nitrogens with two attached hydrogens (primary N) is 1. The predicted octanol–water partition coefficient (Wildman–Crippen LogP) is 1.92. The summed E-state index contributed by atoms with van der Waals surface area (Å²) in [5, 5.41) is 18.2. The van der Waals surface area contributed by atoms with Gasteiger partial charge in [-0.2, -0.15) is 20.2 Å². The summed E-state index contributed by atoms with van der Waals surface area (Å²) in [6.45, 7) is 2.35. The van der Waals surface area contributed by atoms with E-state index in [0.717, 1.165) is 11.3 Å². The van der Waals surface area contributed by atoms with Crippen LogP contribution in [-0.2, 0) is 6.54 Å². The Morgan fingerprint density at radius 3 is 2.65 bits per heavy atom. The molecule has 0 radical (unpaired) electrons. The Morgan fingerprint density at radius 1 is 1.23 bits per heavy atom. The molecule has 3 heterocycles. The van der Waals surface area contributed by atoms with Crippen LogP contribution in [0.2, 0.25) is 0 Å². The van der Waals surface area contributed by atoms with Crippen LogP contribution in [-0.4, -0.2) is 32.0 Å². The zero-order valence-corrected chi connectivity index (χ0v) is 15.1. The van der Waals surface area contributed by atoms with Crippen LogP contribution in [0.1, 0.15) is 28.0 Å². The molecule has 0 spiro atoms. The summed E-state index contributed by atoms with van der Waals surface area (Å²) < 4.78 is 0. The molecule has 0 saturated heterocycles. The number of anilines is 3. The van der Waals surface area contributed by atoms with Crippen molar-refractivity contribution in [3.8, 4) is 6.07 Å². The van der Waals surface area contributed by atoms with Crippen LogP contribution in [0.5, 0.6) is 0 Å². The normalized spacial score (nSPS) is 11.6. The molecule has 1 atom stereocenters. The van der Waals surface area contributed by atoms with Gasteiger partial charge in [0.1, 0.15) is 10.8 Å². The van der Waals surface area contributed by atoms with Crippen molar-refractivity contribution in [3.05, 3.63) is 45.8 Å². The quantitative estimate of drug-likeness (QED) is 0.596. The number of nitrogen functional groups attached to an aromatic ring is 1. The largest absolute Gasteiger partial charge is 0.384 e. The van der Waals surface area contributed by atoms with Gasteiger partial charge < -0.3 is 16.4 Å². The third kappa shape index (κ3) is 4.01. The monoisotopic (exact) mass is 367 g/mol. The van der Waals surface area contributed by atoms with Crippen LogP contribution in [0.4, 0.5) is 17.7 Å². The molecular formula is C16H17N9S. The van der Waals surface area contributed by atoms with E-state index >= 15 is 0 Å². The van der Waals surface area contributed by atoms with Gasteiger partial charge in [0.15, 0.2) is 11.7 Å². The van der Waals surface area contributed by atoms with Crippen molar-refractivity contribution in [2.24, 2.45) is 0 Å². The summed E-state index contributed by atoms with van der Waals surface area (Å²) in [5.41, 5.74) is 7.38. The molecule has 0 saturated carbocycles. The lowest BCUT2D eigenvalue weighted by Crippen LogP contribution is -2.12. The Balaban J connectivity index is 1.86. The molecule has 1 unspecified atom stereocenters. The van der Waals surface area contributed by atoms with Crippen molar-refractivity contribution in [2.75, 3.05) is 23.4 Å². The number of aryl methyl sites for hydroxylation is 1. The van der Waals surface area contributed by atoms with Crippen LogP contribution >= 0.6 is 11.3 Å². The predicted molar refractivity (Wildman–Crippen MR) is 99.7 cm³/mol. The molecule has 26 heavy (non-hydrogen) atoms. The van der Waals surface area contributed by atoms with Crippen molar-refractivity contribution in [1.29, 1.82) is 5.26 Å². The fourth-order valence-electron chi connectivity index (χ4n) is 2.16. The number of pyridine rings is 1. The van der Waals surface area contributed by atoms with Crippen molar-refractivity contribution < 1.29 is 0 Å². The van der Waals surface area contributed by atoms with Crippen molar-refractivity contribution in [2.45, 2.75) is 19.4 Å². The van der Waals surface area contributed by atoms with Crippen molar-refractivity contribution in [1.82, 2.24) is 24.9 Å². The van der Waals surface area contributed by atoms with E-state index in [1.54, 1.807) is 19.3 Å². The van der Waals surface area contributed by atoms with Crippen molar-refractivity contribution in [3.63, 3.8) is 0 Å². The van der Waals surface area contributed by atoms with Crippen LogP contribution < -0.4 is 16.4 Å². The van der Waals surface area contributed by atoms with Crippen LogP contribution in [0.3, 0.4) is 0 Å². The summed E-state index contributed by atoms with van der Waals surface area (Å²) in [7, 11) is 1.71. The van der Waals surface area contributed by atoms with Gasteiger partial charge in [0.2, 0.25) is 11.9 Å². The minimum atomic E-state index is -0.650. The third-order valence-corrected chi connectivity index (χ3v) is 4.47. The molecule has 0 bridgehead atoms. The molecule has 3 aromatic rings. The van der Waals surface area contributed by atoms with Gasteiger partial charge in [0, 0.05) is 30.9 Å². The first-order chi connectivity index (χ1) is 12.6. The molecule has 0 fully saturated rings. The molecule has 0 aliphatic rings. The highest BCUT2D eigenvalue weighted by molar-refractivity contribution is 7.09. The number of rotatable bonds is 6. The van der Waals surface area contributed by atoms with E-state index < -0.39 is 5.92 Å². The van der Waals surface area contributed by atoms with Gasteiger partial charge in [-0.25, -0.2) is 9.97 Å². The second kappa shape index (κ2) is 7.71. The first-order valence-corrected chi connectivity index (χ1v) is 8.66. The molecule has 9 nitrogen and oxygen atoms in total. The number of hydrogen-bond donors (Lipinski definition) is 3. The SMILES string of the molecule is CNc1nc(NCc2ccc(N)nc2)nc(C(C#N)c2nc(C)cs2)n1. The van der Waals surface area contributed by atoms with Gasteiger partial charge in [-0.05, 0) is 18.6 Å². The second-order valence-electron chi connectivity index (χ2n) is 5.42. The van der Waals surface area contributed by atoms with Crippen molar-refractivity contribution >= 4 is 29.1 Å². The summed E-state index contributed by atoms with van der Waals surface area (Å²) in [5.74, 6) is 0.900. The highest BCUT2D eigenvalue weighted by Crippen LogP contribution is 2.25. The molecule has 3 rings (SSSR count). The first kappa shape index (κ1) is 17.5. The lowest BCUT2D eigenvalue weighted by Gasteiger charge is -2.10. The fraction of sp³-hybridized carbons (Fsp3) is 0.250. The molecule has 4 N–H and O–H groups in total. The maximum absolute atomic E-state index is 9.59. The number of hydrogen-bond acceptors (Lipinski definition) is 10. The van der Waals surface area contributed by atoms with Gasteiger partial charge >= 0.3 is 0 Å². The summed E-state index contributed by atoms with van der Waals surface area (Å²) in [4.78, 5) is 21.4. The Labute approximate surface area is 154 Å². The first-order valence-electron chi connectivity index (χ1n) is 7.78. The van der Waals surface area contributed by atoms with Gasteiger partial charge in [-0.1, -0.05) is 6.07 Å². The molecule has 132 valence electrons. The number of nitrogens with one attached hydrogen (secondary N) is 2.